The lowest BCUT2D eigenvalue weighted by Crippen LogP contribution is -2.48. The molecule has 1 fully saturated rings. The Labute approximate surface area is 95.8 Å². The van der Waals surface area contributed by atoms with Gasteiger partial charge in [-0.05, 0) is 5.92 Å². The van der Waals surface area contributed by atoms with Crippen molar-refractivity contribution in [3.8, 4) is 0 Å². The van der Waals surface area contributed by atoms with Crippen LogP contribution in [0.2, 0.25) is 0 Å². The van der Waals surface area contributed by atoms with Gasteiger partial charge >= 0.3 is 0 Å². The number of thiocarbonyl (C=S) groups is 1. The molecule has 0 bridgehead atoms. The lowest BCUT2D eigenvalue weighted by Gasteiger charge is -2.31. The second-order valence-corrected chi connectivity index (χ2v) is 4.53. The Hall–Kier alpha value is -0.680. The van der Waals surface area contributed by atoms with Crippen molar-refractivity contribution in [1.29, 1.82) is 0 Å². The first-order chi connectivity index (χ1) is 7.04. The summed E-state index contributed by atoms with van der Waals surface area (Å²) in [6, 6.07) is 0. The number of carbonyl (C=O) groups excluding carboxylic acids is 1. The molecule has 86 valence electrons. The van der Waals surface area contributed by atoms with Crippen LogP contribution in [-0.4, -0.2) is 42.1 Å². The third-order valence-electron chi connectivity index (χ3n) is 2.56. The fraction of sp³-hybridized carbons (Fsp3) is 0.800. The maximum atomic E-state index is 12.1. The average Bonchev–Trinajstić information content (AvgIpc) is 2.18. The van der Waals surface area contributed by atoms with Gasteiger partial charge in [-0.15, -0.1) is 0 Å². The monoisotopic (exact) mass is 230 g/mol. The second-order valence-electron chi connectivity index (χ2n) is 4.06. The number of nitrogens with zero attached hydrogens (tertiary/aromatic N) is 1. The molecule has 2 N–H and O–H groups in total. The van der Waals surface area contributed by atoms with E-state index in [0.717, 1.165) is 0 Å². The van der Waals surface area contributed by atoms with E-state index in [1.807, 2.05) is 13.8 Å². The van der Waals surface area contributed by atoms with Gasteiger partial charge in [-0.2, -0.15) is 0 Å². The number of hydrogen-bond donors (Lipinski definition) is 1. The summed E-state index contributed by atoms with van der Waals surface area (Å²) in [6.07, 6.45) is 0. The normalized spacial score (nSPS) is 19.0. The summed E-state index contributed by atoms with van der Waals surface area (Å²) in [5.41, 5.74) is 5.60. The summed E-state index contributed by atoms with van der Waals surface area (Å²) in [4.78, 5) is 14.2. The third-order valence-corrected chi connectivity index (χ3v) is 2.82. The zero-order chi connectivity index (χ0) is 11.4. The standard InChI is InChI=1S/C10H18N2O2S/c1-7(2)8(9(11)15)10(13)12-3-5-14-6-4-12/h7-8H,3-6H2,1-2H3,(H2,11,15). The van der Waals surface area contributed by atoms with E-state index in [2.05, 4.69) is 0 Å². The molecule has 1 aliphatic rings. The van der Waals surface area contributed by atoms with Gasteiger partial charge in [-0.1, -0.05) is 26.1 Å². The molecule has 0 spiro atoms. The number of ether oxygens (including phenoxy) is 1. The molecular weight excluding hydrogens is 212 g/mol. The van der Waals surface area contributed by atoms with Crippen LogP contribution in [0.3, 0.4) is 0 Å². The fourth-order valence-corrected chi connectivity index (χ4v) is 2.09. The Bertz CT molecular complexity index is 250. The third kappa shape index (κ3) is 3.14. The van der Waals surface area contributed by atoms with E-state index in [9.17, 15) is 4.79 Å². The maximum absolute atomic E-state index is 12.1. The SMILES string of the molecule is CC(C)C(C(=O)N1CCOCC1)C(N)=S. The number of hydrogen-bond acceptors (Lipinski definition) is 3. The van der Waals surface area contributed by atoms with E-state index in [1.54, 1.807) is 4.90 Å². The summed E-state index contributed by atoms with van der Waals surface area (Å²) in [5, 5.41) is 0. The van der Waals surface area contributed by atoms with Gasteiger partial charge in [0.1, 0.15) is 0 Å². The van der Waals surface area contributed by atoms with Gasteiger partial charge in [0.2, 0.25) is 5.91 Å². The molecule has 0 saturated carbocycles. The summed E-state index contributed by atoms with van der Waals surface area (Å²) >= 11 is 4.94. The molecule has 0 aromatic rings. The minimum atomic E-state index is -0.335. The van der Waals surface area contributed by atoms with Gasteiger partial charge in [-0.25, -0.2) is 0 Å². The van der Waals surface area contributed by atoms with Crippen molar-refractivity contribution in [1.82, 2.24) is 4.90 Å². The number of rotatable bonds is 3. The Kier molecular flexibility index (Phi) is 4.47. The van der Waals surface area contributed by atoms with Crippen molar-refractivity contribution in [3.05, 3.63) is 0 Å². The Morgan fingerprint density at radius 3 is 2.33 bits per heavy atom. The second kappa shape index (κ2) is 5.42. The first-order valence-corrected chi connectivity index (χ1v) is 5.60. The summed E-state index contributed by atoms with van der Waals surface area (Å²) in [6.45, 7) is 6.42. The minimum Gasteiger partial charge on any atom is -0.393 e. The van der Waals surface area contributed by atoms with Crippen LogP contribution in [0, 0.1) is 11.8 Å². The molecule has 1 unspecified atom stereocenters. The average molecular weight is 230 g/mol. The predicted molar refractivity (Wildman–Crippen MR) is 62.5 cm³/mol. The molecule has 0 radical (unpaired) electrons. The van der Waals surface area contributed by atoms with E-state index in [1.165, 1.54) is 0 Å². The number of carbonyl (C=O) groups is 1. The molecular formula is C10H18N2O2S. The lowest BCUT2D eigenvalue weighted by atomic mass is 9.94. The molecule has 1 atom stereocenters. The Morgan fingerprint density at radius 1 is 1.40 bits per heavy atom. The molecule has 5 heteroatoms. The van der Waals surface area contributed by atoms with E-state index < -0.39 is 0 Å². The largest absolute Gasteiger partial charge is 0.393 e. The molecule has 1 amide bonds. The number of morpholine rings is 1. The fourth-order valence-electron chi connectivity index (χ4n) is 1.72. The van der Waals surface area contributed by atoms with E-state index in [-0.39, 0.29) is 17.7 Å². The van der Waals surface area contributed by atoms with Crippen LogP contribution in [0.4, 0.5) is 0 Å². The van der Waals surface area contributed by atoms with Crippen LogP contribution in [0.5, 0.6) is 0 Å². The topological polar surface area (TPSA) is 55.6 Å². The smallest absolute Gasteiger partial charge is 0.232 e. The van der Waals surface area contributed by atoms with Crippen LogP contribution in [0.1, 0.15) is 13.8 Å². The van der Waals surface area contributed by atoms with Crippen LogP contribution in [0.15, 0.2) is 0 Å². The van der Waals surface area contributed by atoms with Gasteiger partial charge in [0.15, 0.2) is 0 Å². The quantitative estimate of drug-likeness (QED) is 0.713. The van der Waals surface area contributed by atoms with Crippen molar-refractivity contribution in [2.75, 3.05) is 26.3 Å². The highest BCUT2D eigenvalue weighted by atomic mass is 32.1. The Balaban J connectivity index is 2.66. The molecule has 0 aliphatic carbocycles. The van der Waals surface area contributed by atoms with Gasteiger partial charge in [0.25, 0.3) is 0 Å². The van der Waals surface area contributed by atoms with E-state index in [0.29, 0.717) is 31.3 Å². The van der Waals surface area contributed by atoms with Crippen LogP contribution < -0.4 is 5.73 Å². The maximum Gasteiger partial charge on any atom is 0.232 e. The van der Waals surface area contributed by atoms with E-state index in [4.69, 9.17) is 22.7 Å². The zero-order valence-corrected chi connectivity index (χ0v) is 10.0. The van der Waals surface area contributed by atoms with Gasteiger partial charge in [0.05, 0.1) is 24.1 Å². The first-order valence-electron chi connectivity index (χ1n) is 5.20. The number of amides is 1. The zero-order valence-electron chi connectivity index (χ0n) is 9.23. The lowest BCUT2D eigenvalue weighted by molar-refractivity contribution is -0.138. The van der Waals surface area contributed by atoms with Crippen molar-refractivity contribution in [2.45, 2.75) is 13.8 Å². The predicted octanol–water partition coefficient (Wildman–Crippen LogP) is 0.404. The number of nitrogens with two attached hydrogens (primary N) is 1. The van der Waals surface area contributed by atoms with Crippen LogP contribution in [-0.2, 0) is 9.53 Å². The van der Waals surface area contributed by atoms with Crippen molar-refractivity contribution < 1.29 is 9.53 Å². The molecule has 1 rings (SSSR count). The van der Waals surface area contributed by atoms with Crippen molar-refractivity contribution in [3.63, 3.8) is 0 Å². The summed E-state index contributed by atoms with van der Waals surface area (Å²) in [5.74, 6) is -0.142. The molecule has 1 heterocycles. The molecule has 15 heavy (non-hydrogen) atoms. The first kappa shape index (κ1) is 12.4. The highest BCUT2D eigenvalue weighted by molar-refractivity contribution is 7.80. The van der Waals surface area contributed by atoms with Gasteiger partial charge in [-0.3, -0.25) is 4.79 Å². The summed E-state index contributed by atoms with van der Waals surface area (Å²) < 4.78 is 5.19. The Morgan fingerprint density at radius 2 is 1.93 bits per heavy atom. The van der Waals surface area contributed by atoms with Gasteiger partial charge < -0.3 is 15.4 Å². The van der Waals surface area contributed by atoms with Crippen molar-refractivity contribution >= 4 is 23.1 Å². The molecule has 0 aromatic heterocycles. The van der Waals surface area contributed by atoms with Crippen LogP contribution in [0.25, 0.3) is 0 Å². The van der Waals surface area contributed by atoms with Crippen molar-refractivity contribution in [2.24, 2.45) is 17.6 Å². The van der Waals surface area contributed by atoms with Crippen LogP contribution >= 0.6 is 12.2 Å². The summed E-state index contributed by atoms with van der Waals surface area (Å²) in [7, 11) is 0. The molecule has 0 aromatic carbocycles. The van der Waals surface area contributed by atoms with E-state index >= 15 is 0 Å². The molecule has 1 saturated heterocycles. The molecule has 1 aliphatic heterocycles. The highest BCUT2D eigenvalue weighted by Gasteiger charge is 2.30. The highest BCUT2D eigenvalue weighted by Crippen LogP contribution is 2.15. The minimum absolute atomic E-state index is 0.0424. The molecule has 4 nitrogen and oxygen atoms in total. The van der Waals surface area contributed by atoms with Gasteiger partial charge in [0, 0.05) is 13.1 Å².